The van der Waals surface area contributed by atoms with Crippen LogP contribution in [0.5, 0.6) is 5.75 Å². The first kappa shape index (κ1) is 25.5. The van der Waals surface area contributed by atoms with E-state index in [2.05, 4.69) is 5.32 Å². The number of carbonyl (C=O) groups is 2. The van der Waals surface area contributed by atoms with E-state index in [-0.39, 0.29) is 11.6 Å². The third-order valence-corrected chi connectivity index (χ3v) is 6.41. The number of alkyl halides is 3. The molecule has 5 nitrogen and oxygen atoms in total. The minimum absolute atomic E-state index is 0.216. The Balaban J connectivity index is 1.38. The number of thioether (sulfide) groups is 1. The van der Waals surface area contributed by atoms with Crippen molar-refractivity contribution in [2.75, 3.05) is 16.8 Å². The molecule has 1 N–H and O–H groups in total. The quantitative estimate of drug-likeness (QED) is 0.295. The number of hydrogen-bond acceptors (Lipinski definition) is 5. The van der Waals surface area contributed by atoms with Gasteiger partial charge in [0.25, 0.3) is 11.8 Å². The van der Waals surface area contributed by atoms with Gasteiger partial charge in [0.05, 0.1) is 21.8 Å². The summed E-state index contributed by atoms with van der Waals surface area (Å²) in [4.78, 5) is 27.0. The summed E-state index contributed by atoms with van der Waals surface area (Å²) in [5.74, 6) is -0.596. The molecule has 184 valence electrons. The minimum atomic E-state index is -4.59. The monoisotopic (exact) mass is 528 g/mol. The van der Waals surface area contributed by atoms with Crippen LogP contribution in [0.25, 0.3) is 6.08 Å². The van der Waals surface area contributed by atoms with Gasteiger partial charge in [0.1, 0.15) is 5.75 Å². The second kappa shape index (κ2) is 10.5. The second-order valence-electron chi connectivity index (χ2n) is 7.81. The van der Waals surface area contributed by atoms with Crippen molar-refractivity contribution in [2.24, 2.45) is 0 Å². The number of aryl methyl sites for hydroxylation is 1. The zero-order valence-corrected chi connectivity index (χ0v) is 20.5. The van der Waals surface area contributed by atoms with Gasteiger partial charge in [-0.1, -0.05) is 60.4 Å². The molecular weight excluding hydrogens is 509 g/mol. The van der Waals surface area contributed by atoms with Gasteiger partial charge in [-0.15, -0.1) is 0 Å². The molecule has 0 radical (unpaired) electrons. The van der Waals surface area contributed by atoms with Crippen molar-refractivity contribution >= 4 is 57.6 Å². The molecule has 0 atom stereocenters. The summed E-state index contributed by atoms with van der Waals surface area (Å²) < 4.78 is 45.1. The summed E-state index contributed by atoms with van der Waals surface area (Å²) in [6, 6.07) is 18.8. The lowest BCUT2D eigenvalue weighted by Crippen LogP contribution is -2.27. The summed E-state index contributed by atoms with van der Waals surface area (Å²) in [6.45, 7) is 1.46. The summed E-state index contributed by atoms with van der Waals surface area (Å²) in [7, 11) is 0. The lowest BCUT2D eigenvalue weighted by molar-refractivity contribution is -0.137. The van der Waals surface area contributed by atoms with Crippen LogP contribution in [0.3, 0.4) is 0 Å². The van der Waals surface area contributed by atoms with E-state index in [1.54, 1.807) is 30.3 Å². The molecule has 1 heterocycles. The van der Waals surface area contributed by atoms with Gasteiger partial charge in [0, 0.05) is 0 Å². The molecule has 0 aromatic heterocycles. The molecule has 0 bridgehead atoms. The van der Waals surface area contributed by atoms with E-state index in [1.165, 1.54) is 34.9 Å². The highest BCUT2D eigenvalue weighted by Crippen LogP contribution is 2.37. The number of rotatable bonds is 6. The van der Waals surface area contributed by atoms with Crippen LogP contribution in [0, 0.1) is 6.92 Å². The number of thiocarbonyl (C=S) groups is 1. The van der Waals surface area contributed by atoms with Gasteiger partial charge in [0.2, 0.25) is 0 Å². The van der Waals surface area contributed by atoms with Crippen molar-refractivity contribution in [2.45, 2.75) is 13.1 Å². The molecule has 0 spiro atoms. The molecular formula is C26H19F3N2O3S2. The zero-order valence-electron chi connectivity index (χ0n) is 18.8. The lowest BCUT2D eigenvalue weighted by Gasteiger charge is -2.14. The molecule has 0 aliphatic carbocycles. The predicted molar refractivity (Wildman–Crippen MR) is 139 cm³/mol. The third kappa shape index (κ3) is 5.95. The maximum Gasteiger partial charge on any atom is 0.418 e. The van der Waals surface area contributed by atoms with E-state index in [0.29, 0.717) is 20.7 Å². The van der Waals surface area contributed by atoms with Crippen molar-refractivity contribution in [3.05, 3.63) is 94.4 Å². The third-order valence-electron chi connectivity index (χ3n) is 5.11. The molecule has 0 saturated carbocycles. The molecule has 36 heavy (non-hydrogen) atoms. The number of para-hydroxylation sites is 1. The van der Waals surface area contributed by atoms with Crippen LogP contribution in [0.15, 0.2) is 77.7 Å². The van der Waals surface area contributed by atoms with Crippen LogP contribution < -0.4 is 15.0 Å². The summed E-state index contributed by atoms with van der Waals surface area (Å²) in [5.41, 5.74) is 1.17. The standard InChI is InChI=1S/C26H19F3N2O3S2/c1-16-5-4-6-18(13-16)31-24(33)22(36-25(31)35)14-17-9-11-19(12-10-17)34-15-23(32)30-21-8-3-2-7-20(21)26(27,28)29/h2-14H,15H2,1H3,(H,30,32)/b22-14-. The Morgan fingerprint density at radius 3 is 2.50 bits per heavy atom. The average molecular weight is 529 g/mol. The molecule has 1 aliphatic rings. The van der Waals surface area contributed by atoms with E-state index >= 15 is 0 Å². The Bertz CT molecular complexity index is 1360. The number of halogens is 3. The summed E-state index contributed by atoms with van der Waals surface area (Å²) >= 11 is 6.60. The first-order valence-electron chi connectivity index (χ1n) is 10.7. The van der Waals surface area contributed by atoms with E-state index in [9.17, 15) is 22.8 Å². The molecule has 4 rings (SSSR count). The summed E-state index contributed by atoms with van der Waals surface area (Å²) in [5, 5.41) is 2.23. The van der Waals surface area contributed by atoms with Crippen LogP contribution in [-0.4, -0.2) is 22.7 Å². The number of nitrogens with zero attached hydrogens (tertiary/aromatic N) is 1. The fraction of sp³-hybridized carbons (Fsp3) is 0.115. The van der Waals surface area contributed by atoms with Crippen molar-refractivity contribution in [1.82, 2.24) is 0 Å². The average Bonchev–Trinajstić information content (AvgIpc) is 3.10. The number of hydrogen-bond donors (Lipinski definition) is 1. The maximum absolute atomic E-state index is 13.1. The van der Waals surface area contributed by atoms with Crippen molar-refractivity contribution in [1.29, 1.82) is 0 Å². The van der Waals surface area contributed by atoms with E-state index in [1.807, 2.05) is 31.2 Å². The van der Waals surface area contributed by atoms with Gasteiger partial charge < -0.3 is 10.1 Å². The fourth-order valence-electron chi connectivity index (χ4n) is 3.44. The Hall–Kier alpha value is -3.63. The van der Waals surface area contributed by atoms with Crippen LogP contribution in [0.2, 0.25) is 0 Å². The Morgan fingerprint density at radius 2 is 1.81 bits per heavy atom. The highest BCUT2D eigenvalue weighted by Gasteiger charge is 2.34. The van der Waals surface area contributed by atoms with Crippen molar-refractivity contribution < 1.29 is 27.5 Å². The molecule has 1 aliphatic heterocycles. The van der Waals surface area contributed by atoms with Crippen LogP contribution >= 0.6 is 24.0 Å². The number of carbonyl (C=O) groups excluding carboxylic acids is 2. The molecule has 1 saturated heterocycles. The molecule has 3 aromatic rings. The Kier molecular flexibility index (Phi) is 7.46. The first-order valence-corrected chi connectivity index (χ1v) is 11.9. The number of ether oxygens (including phenoxy) is 1. The van der Waals surface area contributed by atoms with Gasteiger partial charge in [-0.2, -0.15) is 13.2 Å². The smallest absolute Gasteiger partial charge is 0.418 e. The number of benzene rings is 3. The van der Waals surface area contributed by atoms with Gasteiger partial charge in [-0.05, 0) is 60.5 Å². The van der Waals surface area contributed by atoms with Crippen molar-refractivity contribution in [3.63, 3.8) is 0 Å². The zero-order chi connectivity index (χ0) is 25.9. The number of anilines is 2. The van der Waals surface area contributed by atoms with Gasteiger partial charge >= 0.3 is 6.18 Å². The highest BCUT2D eigenvalue weighted by atomic mass is 32.2. The molecule has 3 aromatic carbocycles. The molecule has 10 heteroatoms. The lowest BCUT2D eigenvalue weighted by atomic mass is 10.1. The maximum atomic E-state index is 13.1. The van der Waals surface area contributed by atoms with Gasteiger partial charge in [0.15, 0.2) is 10.9 Å². The van der Waals surface area contributed by atoms with Crippen molar-refractivity contribution in [3.8, 4) is 5.75 Å². The van der Waals surface area contributed by atoms with E-state index < -0.39 is 24.3 Å². The molecule has 0 unspecified atom stereocenters. The highest BCUT2D eigenvalue weighted by molar-refractivity contribution is 8.27. The van der Waals surface area contributed by atoms with Crippen LogP contribution in [0.1, 0.15) is 16.7 Å². The van der Waals surface area contributed by atoms with E-state index in [0.717, 1.165) is 17.2 Å². The van der Waals surface area contributed by atoms with Gasteiger partial charge in [-0.25, -0.2) is 0 Å². The fourth-order valence-corrected chi connectivity index (χ4v) is 4.74. The second-order valence-corrected chi connectivity index (χ2v) is 9.48. The first-order chi connectivity index (χ1) is 17.1. The number of nitrogens with one attached hydrogen (secondary N) is 1. The Morgan fingerprint density at radius 1 is 1.08 bits per heavy atom. The van der Waals surface area contributed by atoms with Gasteiger partial charge in [-0.3, -0.25) is 14.5 Å². The van der Waals surface area contributed by atoms with E-state index in [4.69, 9.17) is 17.0 Å². The topological polar surface area (TPSA) is 58.6 Å². The van der Waals surface area contributed by atoms with Crippen LogP contribution in [0.4, 0.5) is 24.5 Å². The SMILES string of the molecule is Cc1cccc(N2C(=O)/C(=C/c3ccc(OCC(=O)Nc4ccccc4C(F)(F)F)cc3)SC2=S)c1. The Labute approximate surface area is 214 Å². The number of amides is 2. The minimum Gasteiger partial charge on any atom is -0.484 e. The summed E-state index contributed by atoms with van der Waals surface area (Å²) in [6.07, 6.45) is -2.88. The van der Waals surface area contributed by atoms with Crippen LogP contribution in [-0.2, 0) is 15.8 Å². The largest absolute Gasteiger partial charge is 0.484 e. The predicted octanol–water partition coefficient (Wildman–Crippen LogP) is 6.44. The normalized spacial score (nSPS) is 14.9. The molecule has 1 fully saturated rings. The molecule has 2 amide bonds.